The molecule has 4 nitrogen and oxygen atoms in total. The van der Waals surface area contributed by atoms with Gasteiger partial charge in [0.25, 0.3) is 5.91 Å². The van der Waals surface area contributed by atoms with Crippen LogP contribution in [0.4, 0.5) is 0 Å². The Labute approximate surface area is 140 Å². The van der Waals surface area contributed by atoms with Gasteiger partial charge in [-0.3, -0.25) is 4.79 Å². The van der Waals surface area contributed by atoms with E-state index < -0.39 is 0 Å². The maximum Gasteiger partial charge on any atom is 0.274 e. The van der Waals surface area contributed by atoms with E-state index in [0.29, 0.717) is 17.7 Å². The minimum atomic E-state index is -0.126. The van der Waals surface area contributed by atoms with Crippen LogP contribution < -0.4 is 0 Å². The van der Waals surface area contributed by atoms with Crippen molar-refractivity contribution in [3.8, 4) is 0 Å². The summed E-state index contributed by atoms with van der Waals surface area (Å²) >= 11 is 0. The highest BCUT2D eigenvalue weighted by molar-refractivity contribution is 6.03. The Morgan fingerprint density at radius 2 is 1.67 bits per heavy atom. The third kappa shape index (κ3) is 2.63. The van der Waals surface area contributed by atoms with E-state index in [1.165, 1.54) is 0 Å². The van der Waals surface area contributed by atoms with Crippen molar-refractivity contribution in [3.63, 3.8) is 0 Å². The summed E-state index contributed by atoms with van der Waals surface area (Å²) in [5, 5.41) is 6.14. The Balaban J connectivity index is 1.72. The molecule has 2 aromatic carbocycles. The molecular formula is C20H16N2O2. The van der Waals surface area contributed by atoms with E-state index in [9.17, 15) is 4.79 Å². The highest BCUT2D eigenvalue weighted by atomic mass is 16.3. The lowest BCUT2D eigenvalue weighted by Crippen LogP contribution is -2.27. The molecule has 2 heterocycles. The van der Waals surface area contributed by atoms with Crippen LogP contribution in [0.15, 0.2) is 88.6 Å². The van der Waals surface area contributed by atoms with Crippen LogP contribution in [-0.4, -0.2) is 16.6 Å². The molecule has 1 atom stereocenters. The highest BCUT2D eigenvalue weighted by Crippen LogP contribution is 2.33. The molecule has 24 heavy (non-hydrogen) atoms. The molecule has 0 N–H and O–H groups in total. The van der Waals surface area contributed by atoms with E-state index in [-0.39, 0.29) is 11.9 Å². The summed E-state index contributed by atoms with van der Waals surface area (Å²) in [7, 11) is 0. The maximum absolute atomic E-state index is 12.9. The van der Waals surface area contributed by atoms with Gasteiger partial charge in [0.1, 0.15) is 11.5 Å². The molecule has 0 saturated heterocycles. The van der Waals surface area contributed by atoms with Crippen molar-refractivity contribution in [2.45, 2.75) is 12.5 Å². The first kappa shape index (κ1) is 14.5. The number of hydrazone groups is 1. The number of amides is 1. The van der Waals surface area contributed by atoms with Gasteiger partial charge in [-0.25, -0.2) is 5.01 Å². The number of nitrogens with zero attached hydrogens (tertiary/aromatic N) is 2. The van der Waals surface area contributed by atoms with Crippen LogP contribution in [-0.2, 0) is 0 Å². The zero-order chi connectivity index (χ0) is 16.4. The van der Waals surface area contributed by atoms with Crippen LogP contribution in [0.5, 0.6) is 0 Å². The molecule has 0 radical (unpaired) electrons. The monoisotopic (exact) mass is 316 g/mol. The van der Waals surface area contributed by atoms with E-state index in [4.69, 9.17) is 4.42 Å². The van der Waals surface area contributed by atoms with Crippen molar-refractivity contribution in [1.29, 1.82) is 0 Å². The van der Waals surface area contributed by atoms with Gasteiger partial charge >= 0.3 is 0 Å². The zero-order valence-electron chi connectivity index (χ0n) is 13.0. The normalized spacial score (nSPS) is 16.9. The van der Waals surface area contributed by atoms with E-state index in [1.54, 1.807) is 11.3 Å². The number of hydrogen-bond donors (Lipinski definition) is 0. The number of hydrogen-bond acceptors (Lipinski definition) is 3. The summed E-state index contributed by atoms with van der Waals surface area (Å²) in [6.45, 7) is 0. The standard InChI is InChI=1S/C20H16N2O2/c23-20(16-10-5-2-6-11-16)22-18(15-8-3-1-4-9-15)14-17(21-22)19-12-7-13-24-19/h1-13,18H,14H2. The number of carbonyl (C=O) groups excluding carboxylic acids is 1. The van der Waals surface area contributed by atoms with Crippen LogP contribution in [0.25, 0.3) is 0 Å². The third-order valence-corrected chi connectivity index (χ3v) is 4.13. The molecule has 0 bridgehead atoms. The molecule has 0 fully saturated rings. The molecule has 4 heteroatoms. The smallest absolute Gasteiger partial charge is 0.274 e. The van der Waals surface area contributed by atoms with Gasteiger partial charge in [0.15, 0.2) is 0 Å². The second-order valence-corrected chi connectivity index (χ2v) is 5.67. The van der Waals surface area contributed by atoms with Gasteiger partial charge in [0.2, 0.25) is 0 Å². The maximum atomic E-state index is 12.9. The molecule has 0 aliphatic carbocycles. The average molecular weight is 316 g/mol. The quantitative estimate of drug-likeness (QED) is 0.724. The number of furan rings is 1. The van der Waals surface area contributed by atoms with Crippen molar-refractivity contribution in [3.05, 3.63) is 95.9 Å². The van der Waals surface area contributed by atoms with E-state index in [0.717, 1.165) is 11.3 Å². The first-order valence-electron chi connectivity index (χ1n) is 7.88. The summed E-state index contributed by atoms with van der Waals surface area (Å²) in [6, 6.07) is 22.8. The molecule has 0 spiro atoms. The van der Waals surface area contributed by atoms with Crippen LogP contribution in [0, 0.1) is 0 Å². The molecule has 1 aliphatic rings. The summed E-state index contributed by atoms with van der Waals surface area (Å²) in [6.07, 6.45) is 2.26. The molecule has 1 aromatic heterocycles. The molecule has 4 rings (SSSR count). The second-order valence-electron chi connectivity index (χ2n) is 5.67. The molecule has 0 saturated carbocycles. The minimum Gasteiger partial charge on any atom is -0.463 e. The SMILES string of the molecule is O=C(c1ccccc1)N1N=C(c2ccco2)CC1c1ccccc1. The Bertz CT molecular complexity index is 855. The minimum absolute atomic E-state index is 0.106. The molecule has 118 valence electrons. The molecule has 3 aromatic rings. The fourth-order valence-electron chi connectivity index (χ4n) is 2.94. The van der Waals surface area contributed by atoms with Gasteiger partial charge in [0.05, 0.1) is 12.3 Å². The summed E-state index contributed by atoms with van der Waals surface area (Å²) < 4.78 is 5.47. The van der Waals surface area contributed by atoms with Gasteiger partial charge in [-0.1, -0.05) is 48.5 Å². The molecule has 1 unspecified atom stereocenters. The lowest BCUT2D eigenvalue weighted by molar-refractivity contribution is 0.0711. The fourth-order valence-corrected chi connectivity index (χ4v) is 2.94. The lowest BCUT2D eigenvalue weighted by Gasteiger charge is -2.22. The summed E-state index contributed by atoms with van der Waals surface area (Å²) in [5.74, 6) is 0.602. The van der Waals surface area contributed by atoms with Crippen molar-refractivity contribution >= 4 is 11.6 Å². The molecule has 1 aliphatic heterocycles. The first-order valence-corrected chi connectivity index (χ1v) is 7.88. The van der Waals surface area contributed by atoms with E-state index in [1.807, 2.05) is 72.8 Å². The Morgan fingerprint density at radius 1 is 0.958 bits per heavy atom. The summed E-state index contributed by atoms with van der Waals surface area (Å²) in [4.78, 5) is 12.9. The van der Waals surface area contributed by atoms with Gasteiger partial charge < -0.3 is 4.42 Å². The second kappa shape index (κ2) is 6.16. The van der Waals surface area contributed by atoms with Crippen LogP contribution in [0.1, 0.15) is 34.1 Å². The number of benzene rings is 2. The largest absolute Gasteiger partial charge is 0.463 e. The van der Waals surface area contributed by atoms with Gasteiger partial charge in [0, 0.05) is 12.0 Å². The number of rotatable bonds is 3. The van der Waals surface area contributed by atoms with Crippen molar-refractivity contribution < 1.29 is 9.21 Å². The Hall–Kier alpha value is -3.14. The van der Waals surface area contributed by atoms with Crippen LogP contribution >= 0.6 is 0 Å². The zero-order valence-corrected chi connectivity index (χ0v) is 13.0. The molecule has 1 amide bonds. The lowest BCUT2D eigenvalue weighted by atomic mass is 10.0. The fraction of sp³-hybridized carbons (Fsp3) is 0.100. The topological polar surface area (TPSA) is 45.8 Å². The Kier molecular flexibility index (Phi) is 3.71. The van der Waals surface area contributed by atoms with Crippen molar-refractivity contribution in [2.24, 2.45) is 5.10 Å². The average Bonchev–Trinajstić information content (AvgIpc) is 3.32. The van der Waals surface area contributed by atoms with Crippen molar-refractivity contribution in [2.75, 3.05) is 0 Å². The van der Waals surface area contributed by atoms with E-state index in [2.05, 4.69) is 5.10 Å². The first-order chi connectivity index (χ1) is 11.8. The molecular weight excluding hydrogens is 300 g/mol. The van der Waals surface area contributed by atoms with Gasteiger partial charge in [-0.05, 0) is 29.8 Å². The van der Waals surface area contributed by atoms with Gasteiger partial charge in [-0.15, -0.1) is 0 Å². The number of carbonyl (C=O) groups is 1. The van der Waals surface area contributed by atoms with Crippen LogP contribution in [0.3, 0.4) is 0 Å². The summed E-state index contributed by atoms with van der Waals surface area (Å²) in [5.41, 5.74) is 2.48. The van der Waals surface area contributed by atoms with E-state index >= 15 is 0 Å². The Morgan fingerprint density at radius 3 is 2.33 bits per heavy atom. The third-order valence-electron chi connectivity index (χ3n) is 4.13. The highest BCUT2D eigenvalue weighted by Gasteiger charge is 2.34. The van der Waals surface area contributed by atoms with Gasteiger partial charge in [-0.2, -0.15) is 5.10 Å². The predicted molar refractivity (Wildman–Crippen MR) is 91.7 cm³/mol. The van der Waals surface area contributed by atoms with Crippen molar-refractivity contribution in [1.82, 2.24) is 5.01 Å². The van der Waals surface area contributed by atoms with Crippen LogP contribution in [0.2, 0.25) is 0 Å². The predicted octanol–water partition coefficient (Wildman–Crippen LogP) is 4.27.